The molecule has 0 unspecified atom stereocenters. The monoisotopic (exact) mass is 480 g/mol. The highest BCUT2D eigenvalue weighted by atomic mass is 16.5. The summed E-state index contributed by atoms with van der Waals surface area (Å²) in [7, 11) is 0. The summed E-state index contributed by atoms with van der Waals surface area (Å²) in [6.45, 7) is 6.97. The first-order valence-electron chi connectivity index (χ1n) is 11.7. The number of hydrogen-bond donors (Lipinski definition) is 3. The van der Waals surface area contributed by atoms with E-state index in [1.54, 1.807) is 31.2 Å². The predicted octanol–water partition coefficient (Wildman–Crippen LogP) is 3.81. The van der Waals surface area contributed by atoms with Crippen molar-refractivity contribution >= 4 is 17.5 Å². The molecule has 3 rings (SSSR count). The molecule has 1 aliphatic heterocycles. The van der Waals surface area contributed by atoms with E-state index in [0.29, 0.717) is 54.0 Å². The Morgan fingerprint density at radius 1 is 1.29 bits per heavy atom. The molecule has 35 heavy (non-hydrogen) atoms. The minimum Gasteiger partial charge on any atom is -0.494 e. The summed E-state index contributed by atoms with van der Waals surface area (Å²) in [6.07, 6.45) is 0.150. The van der Waals surface area contributed by atoms with E-state index in [2.05, 4.69) is 20.9 Å². The van der Waals surface area contributed by atoms with Crippen LogP contribution in [-0.4, -0.2) is 48.3 Å². The average molecular weight is 481 g/mol. The minimum atomic E-state index is -1.28. The van der Waals surface area contributed by atoms with Crippen LogP contribution in [0.1, 0.15) is 38.3 Å². The highest BCUT2D eigenvalue weighted by Crippen LogP contribution is 2.35. The van der Waals surface area contributed by atoms with Crippen LogP contribution in [0, 0.1) is 5.92 Å². The summed E-state index contributed by atoms with van der Waals surface area (Å²) in [4.78, 5) is 21.2. The summed E-state index contributed by atoms with van der Waals surface area (Å²) in [5.41, 5.74) is 15.3. The molecule has 0 bridgehead atoms. The molecule has 1 heterocycles. The minimum absolute atomic E-state index is 0.0690. The van der Waals surface area contributed by atoms with Gasteiger partial charge in [-0.3, -0.25) is 10.2 Å². The Morgan fingerprint density at radius 3 is 2.71 bits per heavy atom. The number of hydrazine groups is 1. The Morgan fingerprint density at radius 2 is 2.03 bits per heavy atom. The van der Waals surface area contributed by atoms with Crippen molar-refractivity contribution in [3.8, 4) is 5.75 Å². The maximum absolute atomic E-state index is 13.5. The molecule has 0 radical (unpaired) electrons. The summed E-state index contributed by atoms with van der Waals surface area (Å²) < 4.78 is 11.7. The lowest BCUT2D eigenvalue weighted by atomic mass is 9.85. The van der Waals surface area contributed by atoms with Crippen LogP contribution >= 0.6 is 0 Å². The molecule has 0 aliphatic carbocycles. The van der Waals surface area contributed by atoms with E-state index < -0.39 is 11.6 Å². The van der Waals surface area contributed by atoms with Crippen LogP contribution in [0.5, 0.6) is 5.75 Å². The van der Waals surface area contributed by atoms with Crippen LogP contribution in [0.3, 0.4) is 0 Å². The number of hydrogen-bond acceptors (Lipinski definition) is 7. The van der Waals surface area contributed by atoms with Crippen molar-refractivity contribution in [2.45, 2.75) is 45.3 Å². The van der Waals surface area contributed by atoms with Gasteiger partial charge in [0.05, 0.1) is 6.61 Å². The summed E-state index contributed by atoms with van der Waals surface area (Å²) in [5.74, 6) is 1.02. The van der Waals surface area contributed by atoms with E-state index in [9.17, 15) is 4.79 Å². The molecule has 1 amide bonds. The third-order valence-corrected chi connectivity index (χ3v) is 5.64. The molecule has 2 atom stereocenters. The van der Waals surface area contributed by atoms with Gasteiger partial charge in [0.25, 0.3) is 5.91 Å². The maximum Gasteiger partial charge on any atom is 0.266 e. The molecule has 2 aromatic carbocycles. The molecule has 186 valence electrons. The Kier molecular flexibility index (Phi) is 9.08. The van der Waals surface area contributed by atoms with Crippen LogP contribution in [0.4, 0.5) is 5.69 Å². The smallest absolute Gasteiger partial charge is 0.266 e. The Bertz CT molecular complexity index is 1080. The molecule has 0 saturated carbocycles. The number of carbonyl (C=O) groups excluding carboxylic acids is 1. The van der Waals surface area contributed by atoms with Gasteiger partial charge < -0.3 is 14.6 Å². The standard InChI is InChI=1S/C25H32N6O4/c1-17(2)16-27-30-24(33)25(15-20-7-4-5-8-22(20)29-31-26)18(3)35-23(28-25)19-9-11-21(12-10-19)34-14-6-13-32/h4-5,7-12,17-18,27,32H,6,13-16H2,1-3H3,(H,30,33)/t18-,25-/m0/s1. The average Bonchev–Trinajstić information content (AvgIpc) is 3.18. The highest BCUT2D eigenvalue weighted by Gasteiger charge is 2.50. The van der Waals surface area contributed by atoms with Gasteiger partial charge in [-0.25, -0.2) is 10.4 Å². The Balaban J connectivity index is 1.93. The lowest BCUT2D eigenvalue weighted by Gasteiger charge is -2.29. The number of carbonyl (C=O) groups is 1. The fourth-order valence-electron chi connectivity index (χ4n) is 3.68. The number of rotatable bonds is 12. The molecule has 3 N–H and O–H groups in total. The zero-order chi connectivity index (χ0) is 25.3. The van der Waals surface area contributed by atoms with Gasteiger partial charge in [0, 0.05) is 42.2 Å². The molecule has 0 saturated heterocycles. The number of aliphatic imine (C=N–C) groups is 1. The number of azide groups is 1. The van der Waals surface area contributed by atoms with Crippen LogP contribution in [0.25, 0.3) is 10.4 Å². The van der Waals surface area contributed by atoms with Gasteiger partial charge in [-0.2, -0.15) is 0 Å². The van der Waals surface area contributed by atoms with Gasteiger partial charge in [0.15, 0.2) is 5.54 Å². The third-order valence-electron chi connectivity index (χ3n) is 5.64. The van der Waals surface area contributed by atoms with Crippen molar-refractivity contribution in [3.63, 3.8) is 0 Å². The number of aliphatic hydroxyl groups excluding tert-OH is 1. The van der Waals surface area contributed by atoms with Crippen molar-refractivity contribution in [3.05, 3.63) is 70.1 Å². The topological polar surface area (TPSA) is 141 Å². The second-order valence-electron chi connectivity index (χ2n) is 8.78. The van der Waals surface area contributed by atoms with Gasteiger partial charge in [0.1, 0.15) is 11.9 Å². The van der Waals surface area contributed by atoms with E-state index >= 15 is 0 Å². The lowest BCUT2D eigenvalue weighted by Crippen LogP contribution is -2.56. The molecule has 0 fully saturated rings. The van der Waals surface area contributed by atoms with E-state index in [1.807, 2.05) is 38.1 Å². The van der Waals surface area contributed by atoms with E-state index in [-0.39, 0.29) is 18.9 Å². The number of nitrogens with one attached hydrogen (secondary N) is 2. The summed E-state index contributed by atoms with van der Waals surface area (Å²) in [6, 6.07) is 14.4. The lowest BCUT2D eigenvalue weighted by molar-refractivity contribution is -0.129. The quantitative estimate of drug-likeness (QED) is 0.139. The van der Waals surface area contributed by atoms with Crippen LogP contribution < -0.4 is 15.6 Å². The second kappa shape index (κ2) is 12.2. The third kappa shape index (κ3) is 6.51. The van der Waals surface area contributed by atoms with E-state index in [4.69, 9.17) is 25.1 Å². The number of aliphatic hydroxyl groups is 1. The normalized spacial score (nSPS) is 19.0. The van der Waals surface area contributed by atoms with E-state index in [1.165, 1.54) is 0 Å². The van der Waals surface area contributed by atoms with Gasteiger partial charge in [-0.15, -0.1) is 0 Å². The molecule has 2 aromatic rings. The van der Waals surface area contributed by atoms with Crippen molar-refractivity contribution in [2.75, 3.05) is 19.8 Å². The van der Waals surface area contributed by atoms with Gasteiger partial charge >= 0.3 is 0 Å². The Labute approximate surface area is 205 Å². The number of amides is 1. The number of nitrogens with zero attached hydrogens (tertiary/aromatic N) is 4. The molecule has 10 nitrogen and oxygen atoms in total. The molecule has 0 spiro atoms. The van der Waals surface area contributed by atoms with Crippen molar-refractivity contribution in [2.24, 2.45) is 16.0 Å². The predicted molar refractivity (Wildman–Crippen MR) is 133 cm³/mol. The van der Waals surface area contributed by atoms with Crippen molar-refractivity contribution < 1.29 is 19.4 Å². The summed E-state index contributed by atoms with van der Waals surface area (Å²) in [5, 5.41) is 12.7. The zero-order valence-electron chi connectivity index (χ0n) is 20.3. The van der Waals surface area contributed by atoms with Crippen LogP contribution in [0.2, 0.25) is 0 Å². The summed E-state index contributed by atoms with van der Waals surface area (Å²) >= 11 is 0. The van der Waals surface area contributed by atoms with Gasteiger partial charge in [-0.05, 0) is 48.2 Å². The first kappa shape index (κ1) is 26.0. The van der Waals surface area contributed by atoms with Crippen molar-refractivity contribution in [1.82, 2.24) is 10.9 Å². The first-order chi connectivity index (χ1) is 16.9. The zero-order valence-corrected chi connectivity index (χ0v) is 20.3. The Hall–Kier alpha value is -3.59. The number of benzene rings is 2. The first-order valence-corrected chi connectivity index (χ1v) is 11.7. The van der Waals surface area contributed by atoms with Gasteiger partial charge in [-0.1, -0.05) is 43.2 Å². The number of ether oxygens (including phenoxy) is 2. The maximum atomic E-state index is 13.5. The molecular formula is C25H32N6O4. The molecule has 0 aromatic heterocycles. The van der Waals surface area contributed by atoms with Crippen LogP contribution in [-0.2, 0) is 16.0 Å². The second-order valence-corrected chi connectivity index (χ2v) is 8.78. The largest absolute Gasteiger partial charge is 0.494 e. The van der Waals surface area contributed by atoms with Gasteiger partial charge in [0.2, 0.25) is 5.90 Å². The van der Waals surface area contributed by atoms with Crippen molar-refractivity contribution in [1.29, 1.82) is 0 Å². The SMILES string of the molecule is CC(C)CNNC(=O)[C@@]1(Cc2ccccc2N=[N+]=[N-])N=C(c2ccc(OCCCO)cc2)O[C@H]1C. The van der Waals surface area contributed by atoms with Crippen LogP contribution in [0.15, 0.2) is 58.6 Å². The fourth-order valence-corrected chi connectivity index (χ4v) is 3.68. The highest BCUT2D eigenvalue weighted by molar-refractivity contribution is 6.00. The molecule has 10 heteroatoms. The van der Waals surface area contributed by atoms with E-state index in [0.717, 1.165) is 0 Å². The fraction of sp³-hybridized carbons (Fsp3) is 0.440. The molecular weight excluding hydrogens is 448 g/mol. The molecule has 1 aliphatic rings.